The Bertz CT molecular complexity index is 487. The van der Waals surface area contributed by atoms with E-state index in [1.807, 2.05) is 19.2 Å². The van der Waals surface area contributed by atoms with Crippen LogP contribution >= 0.6 is 12.4 Å². The number of nitrogens with two attached hydrogens (primary N) is 1. The fourth-order valence-electron chi connectivity index (χ4n) is 1.92. The summed E-state index contributed by atoms with van der Waals surface area (Å²) >= 11 is 0. The van der Waals surface area contributed by atoms with Crippen LogP contribution < -0.4 is 5.73 Å². The maximum absolute atomic E-state index is 6.15. The van der Waals surface area contributed by atoms with Gasteiger partial charge in [-0.15, -0.1) is 19.0 Å². The van der Waals surface area contributed by atoms with E-state index >= 15 is 0 Å². The summed E-state index contributed by atoms with van der Waals surface area (Å²) in [7, 11) is 0. The van der Waals surface area contributed by atoms with E-state index in [0.29, 0.717) is 0 Å². The predicted molar refractivity (Wildman–Crippen MR) is 71.9 cm³/mol. The third-order valence-electron chi connectivity index (χ3n) is 2.60. The molecule has 0 radical (unpaired) electrons. The van der Waals surface area contributed by atoms with Gasteiger partial charge >= 0.3 is 0 Å². The lowest BCUT2D eigenvalue weighted by molar-refractivity contribution is 0.723. The first-order valence-electron chi connectivity index (χ1n) is 5.14. The zero-order valence-corrected chi connectivity index (χ0v) is 10.2. The van der Waals surface area contributed by atoms with Crippen molar-refractivity contribution in [3.63, 3.8) is 0 Å². The van der Waals surface area contributed by atoms with Gasteiger partial charge in [-0.05, 0) is 31.0 Å². The first kappa shape index (κ1) is 12.8. The monoisotopic (exact) mass is 236 g/mol. The van der Waals surface area contributed by atoms with Crippen molar-refractivity contribution in [3.8, 4) is 0 Å². The lowest BCUT2D eigenvalue weighted by atomic mass is 9.98. The van der Waals surface area contributed by atoms with Gasteiger partial charge in [0, 0.05) is 23.1 Å². The minimum atomic E-state index is 0. The summed E-state index contributed by atoms with van der Waals surface area (Å²) in [6.07, 6.45) is 2.78. The Morgan fingerprint density at radius 2 is 2.19 bits per heavy atom. The van der Waals surface area contributed by atoms with Crippen LogP contribution in [0.15, 0.2) is 42.6 Å². The summed E-state index contributed by atoms with van der Waals surface area (Å²) in [5.74, 6) is 0. The normalized spacial score (nSPS) is 12.1. The highest BCUT2D eigenvalue weighted by Gasteiger charge is 2.09. The summed E-state index contributed by atoms with van der Waals surface area (Å²) in [6.45, 7) is 5.91. The van der Waals surface area contributed by atoms with Crippen LogP contribution in [-0.4, -0.2) is 4.98 Å². The highest BCUT2D eigenvalue weighted by atomic mass is 35.5. The van der Waals surface area contributed by atoms with Gasteiger partial charge in [0.2, 0.25) is 0 Å². The molecule has 1 aromatic heterocycles. The summed E-state index contributed by atoms with van der Waals surface area (Å²) in [6, 6.07) is 8.30. The SMILES string of the molecule is C=C(C)C[C@@H](N)c1cccc2[nH]ccc12.Cl. The highest BCUT2D eigenvalue weighted by Crippen LogP contribution is 2.25. The summed E-state index contributed by atoms with van der Waals surface area (Å²) in [4.78, 5) is 3.19. The number of aromatic nitrogens is 1. The van der Waals surface area contributed by atoms with Gasteiger partial charge in [-0.3, -0.25) is 0 Å². The topological polar surface area (TPSA) is 41.8 Å². The fourth-order valence-corrected chi connectivity index (χ4v) is 1.92. The van der Waals surface area contributed by atoms with E-state index in [4.69, 9.17) is 5.73 Å². The molecule has 0 saturated heterocycles. The van der Waals surface area contributed by atoms with Crippen molar-refractivity contribution in [2.45, 2.75) is 19.4 Å². The number of halogens is 1. The van der Waals surface area contributed by atoms with Crippen molar-refractivity contribution in [1.29, 1.82) is 0 Å². The van der Waals surface area contributed by atoms with Gasteiger partial charge in [0.25, 0.3) is 0 Å². The number of H-pyrrole nitrogens is 1. The second kappa shape index (κ2) is 5.19. The van der Waals surface area contributed by atoms with Gasteiger partial charge in [-0.1, -0.05) is 17.7 Å². The zero-order valence-electron chi connectivity index (χ0n) is 9.36. The van der Waals surface area contributed by atoms with E-state index in [1.54, 1.807) is 0 Å². The van der Waals surface area contributed by atoms with Crippen LogP contribution in [0.25, 0.3) is 10.9 Å². The van der Waals surface area contributed by atoms with Gasteiger partial charge in [0.05, 0.1) is 0 Å². The Hall–Kier alpha value is -1.25. The van der Waals surface area contributed by atoms with Gasteiger partial charge in [-0.2, -0.15) is 0 Å². The Kier molecular flexibility index (Phi) is 4.16. The molecule has 16 heavy (non-hydrogen) atoms. The molecule has 0 aliphatic carbocycles. The minimum Gasteiger partial charge on any atom is -0.361 e. The number of fused-ring (bicyclic) bond motifs is 1. The third kappa shape index (κ3) is 2.46. The summed E-state index contributed by atoms with van der Waals surface area (Å²) in [5.41, 5.74) is 9.60. The molecule has 1 heterocycles. The van der Waals surface area contributed by atoms with Crippen LogP contribution in [0.1, 0.15) is 24.9 Å². The molecule has 0 aliphatic rings. The number of benzene rings is 1. The first-order chi connectivity index (χ1) is 7.18. The first-order valence-corrected chi connectivity index (χ1v) is 5.14. The molecular formula is C13H17ClN2. The number of nitrogens with one attached hydrogen (secondary N) is 1. The Morgan fingerprint density at radius 1 is 1.44 bits per heavy atom. The van der Waals surface area contributed by atoms with E-state index in [2.05, 4.69) is 29.8 Å². The molecule has 2 nitrogen and oxygen atoms in total. The van der Waals surface area contributed by atoms with E-state index < -0.39 is 0 Å². The number of hydrogen-bond donors (Lipinski definition) is 2. The van der Waals surface area contributed by atoms with Crippen LogP contribution in [0.3, 0.4) is 0 Å². The van der Waals surface area contributed by atoms with Crippen molar-refractivity contribution < 1.29 is 0 Å². The van der Waals surface area contributed by atoms with Crippen molar-refractivity contribution in [2.75, 3.05) is 0 Å². The number of hydrogen-bond acceptors (Lipinski definition) is 1. The van der Waals surface area contributed by atoms with E-state index in [-0.39, 0.29) is 18.4 Å². The standard InChI is InChI=1S/C13H16N2.ClH/c1-9(2)8-12(14)10-4-3-5-13-11(10)6-7-15-13;/h3-7,12,15H,1,8,14H2,2H3;1H/t12-;/m1./s1. The van der Waals surface area contributed by atoms with Crippen molar-refractivity contribution in [2.24, 2.45) is 5.73 Å². The van der Waals surface area contributed by atoms with E-state index in [0.717, 1.165) is 17.5 Å². The van der Waals surface area contributed by atoms with Gasteiger partial charge in [-0.25, -0.2) is 0 Å². The molecule has 0 aliphatic heterocycles. The molecule has 1 atom stereocenters. The maximum Gasteiger partial charge on any atom is 0.0457 e. The smallest absolute Gasteiger partial charge is 0.0457 e. The van der Waals surface area contributed by atoms with Crippen molar-refractivity contribution >= 4 is 23.3 Å². The van der Waals surface area contributed by atoms with Crippen LogP contribution in [0.2, 0.25) is 0 Å². The summed E-state index contributed by atoms with van der Waals surface area (Å²) < 4.78 is 0. The molecule has 0 bridgehead atoms. The van der Waals surface area contributed by atoms with E-state index in [9.17, 15) is 0 Å². The van der Waals surface area contributed by atoms with Crippen molar-refractivity contribution in [1.82, 2.24) is 4.98 Å². The minimum absolute atomic E-state index is 0. The van der Waals surface area contributed by atoms with Crippen LogP contribution in [0.5, 0.6) is 0 Å². The molecule has 2 rings (SSSR count). The largest absolute Gasteiger partial charge is 0.361 e. The van der Waals surface area contributed by atoms with Crippen LogP contribution in [0.4, 0.5) is 0 Å². The average molecular weight is 237 g/mol. The summed E-state index contributed by atoms with van der Waals surface area (Å²) in [5, 5.41) is 1.21. The Balaban J connectivity index is 0.00000128. The molecule has 0 fully saturated rings. The lowest BCUT2D eigenvalue weighted by Crippen LogP contribution is -2.10. The van der Waals surface area contributed by atoms with Crippen LogP contribution in [0, 0.1) is 0 Å². The fraction of sp³-hybridized carbons (Fsp3) is 0.231. The molecule has 1 aromatic carbocycles. The van der Waals surface area contributed by atoms with Gasteiger partial charge in [0.15, 0.2) is 0 Å². The molecule has 86 valence electrons. The molecule has 2 aromatic rings. The molecule has 0 saturated carbocycles. The second-order valence-electron chi connectivity index (χ2n) is 4.05. The third-order valence-corrected chi connectivity index (χ3v) is 2.60. The average Bonchev–Trinajstić information content (AvgIpc) is 2.63. The Morgan fingerprint density at radius 3 is 2.88 bits per heavy atom. The zero-order chi connectivity index (χ0) is 10.8. The molecule has 0 spiro atoms. The second-order valence-corrected chi connectivity index (χ2v) is 4.05. The quantitative estimate of drug-likeness (QED) is 0.787. The molecule has 0 amide bonds. The maximum atomic E-state index is 6.15. The molecule has 0 unspecified atom stereocenters. The van der Waals surface area contributed by atoms with Gasteiger partial charge < -0.3 is 10.7 Å². The molecular weight excluding hydrogens is 220 g/mol. The highest BCUT2D eigenvalue weighted by molar-refractivity contribution is 5.85. The lowest BCUT2D eigenvalue weighted by Gasteiger charge is -2.12. The van der Waals surface area contributed by atoms with E-state index in [1.165, 1.54) is 10.9 Å². The van der Waals surface area contributed by atoms with Gasteiger partial charge in [0.1, 0.15) is 0 Å². The molecule has 3 heteroatoms. The Labute approximate surface area is 102 Å². The number of rotatable bonds is 3. The van der Waals surface area contributed by atoms with Crippen molar-refractivity contribution in [3.05, 3.63) is 48.2 Å². The number of aromatic amines is 1. The molecule has 3 N–H and O–H groups in total. The predicted octanol–water partition coefficient (Wildman–Crippen LogP) is 3.56. The van der Waals surface area contributed by atoms with Crippen LogP contribution in [-0.2, 0) is 0 Å².